The van der Waals surface area contributed by atoms with Gasteiger partial charge in [-0.2, -0.15) is 0 Å². The van der Waals surface area contributed by atoms with Gasteiger partial charge in [-0.3, -0.25) is 4.90 Å². The van der Waals surface area contributed by atoms with Crippen LogP contribution >= 0.6 is 11.6 Å². The molecule has 0 spiro atoms. The summed E-state index contributed by atoms with van der Waals surface area (Å²) in [4.78, 5) is 25.9. The Morgan fingerprint density at radius 1 is 1.32 bits per heavy atom. The van der Waals surface area contributed by atoms with Crippen molar-refractivity contribution in [1.29, 1.82) is 0 Å². The molecule has 0 aromatic heterocycles. The molecule has 1 heterocycles. The van der Waals surface area contributed by atoms with E-state index in [1.165, 1.54) is 12.0 Å². The van der Waals surface area contributed by atoms with E-state index < -0.39 is 23.7 Å². The topological polar surface area (TPSA) is 67.9 Å². The summed E-state index contributed by atoms with van der Waals surface area (Å²) < 4.78 is 10.2. The highest BCUT2D eigenvalue weighted by Gasteiger charge is 2.42. The molecule has 2 rings (SSSR count). The predicted molar refractivity (Wildman–Crippen MR) is 95.4 cm³/mol. The Bertz CT molecular complexity index is 630. The van der Waals surface area contributed by atoms with E-state index in [1.807, 2.05) is 24.3 Å². The van der Waals surface area contributed by atoms with Gasteiger partial charge in [0, 0.05) is 24.2 Å². The minimum Gasteiger partial charge on any atom is -0.467 e. The molecule has 1 saturated heterocycles. The van der Waals surface area contributed by atoms with Gasteiger partial charge in [-0.15, -0.1) is 0 Å². The lowest BCUT2D eigenvalue weighted by Crippen LogP contribution is -2.44. The van der Waals surface area contributed by atoms with Crippen LogP contribution in [0.25, 0.3) is 0 Å². The molecule has 0 radical (unpaired) electrons. The predicted octanol–water partition coefficient (Wildman–Crippen LogP) is 2.98. The highest BCUT2D eigenvalue weighted by molar-refractivity contribution is 6.31. The zero-order valence-electron chi connectivity index (χ0n) is 15.0. The Kier molecular flexibility index (Phi) is 6.30. The van der Waals surface area contributed by atoms with Gasteiger partial charge in [0.15, 0.2) is 0 Å². The van der Waals surface area contributed by atoms with E-state index in [-0.39, 0.29) is 6.04 Å². The largest absolute Gasteiger partial charge is 0.467 e. The fourth-order valence-corrected chi connectivity index (χ4v) is 2.96. The van der Waals surface area contributed by atoms with E-state index >= 15 is 0 Å². The number of nitrogens with one attached hydrogen (secondary N) is 1. The first-order valence-electron chi connectivity index (χ1n) is 8.25. The second-order valence-corrected chi connectivity index (χ2v) is 7.48. The fourth-order valence-electron chi connectivity index (χ4n) is 2.76. The summed E-state index contributed by atoms with van der Waals surface area (Å²) in [6.07, 6.45) is -0.0407. The van der Waals surface area contributed by atoms with Crippen LogP contribution in [0.4, 0.5) is 4.79 Å². The van der Waals surface area contributed by atoms with Crippen LogP contribution in [0.5, 0.6) is 0 Å². The number of methoxy groups -OCH3 is 1. The molecule has 1 aliphatic rings. The van der Waals surface area contributed by atoms with Crippen LogP contribution < -0.4 is 5.32 Å². The molecular weight excluding hydrogens is 344 g/mol. The Morgan fingerprint density at radius 2 is 2.00 bits per heavy atom. The number of benzene rings is 1. The third kappa shape index (κ3) is 5.34. The lowest BCUT2D eigenvalue weighted by atomic mass is 10.1. The molecule has 1 aliphatic heterocycles. The quantitative estimate of drug-likeness (QED) is 0.827. The average Bonchev–Trinajstić information content (AvgIpc) is 2.96. The van der Waals surface area contributed by atoms with E-state index in [1.54, 1.807) is 20.8 Å². The van der Waals surface area contributed by atoms with Crippen molar-refractivity contribution < 1.29 is 19.1 Å². The van der Waals surface area contributed by atoms with Gasteiger partial charge >= 0.3 is 12.1 Å². The zero-order chi connectivity index (χ0) is 18.6. The van der Waals surface area contributed by atoms with Crippen molar-refractivity contribution in [3.8, 4) is 0 Å². The first-order chi connectivity index (χ1) is 11.7. The number of nitrogens with zero attached hydrogens (tertiary/aromatic N) is 1. The number of esters is 1. The van der Waals surface area contributed by atoms with Crippen molar-refractivity contribution in [3.63, 3.8) is 0 Å². The van der Waals surface area contributed by atoms with Gasteiger partial charge in [0.25, 0.3) is 0 Å². The molecule has 1 N–H and O–H groups in total. The summed E-state index contributed by atoms with van der Waals surface area (Å²) >= 11 is 6.16. The molecule has 6 nitrogen and oxygen atoms in total. The summed E-state index contributed by atoms with van der Waals surface area (Å²) in [6, 6.07) is 6.86. The molecule has 0 saturated carbocycles. The van der Waals surface area contributed by atoms with Crippen LogP contribution in [0.3, 0.4) is 0 Å². The Balaban J connectivity index is 2.03. The zero-order valence-corrected chi connectivity index (χ0v) is 15.8. The second kappa shape index (κ2) is 8.06. The van der Waals surface area contributed by atoms with Gasteiger partial charge in [0.1, 0.15) is 11.6 Å². The molecule has 2 unspecified atom stereocenters. The normalized spacial score (nSPS) is 20.4. The van der Waals surface area contributed by atoms with Crippen LogP contribution in [0.15, 0.2) is 24.3 Å². The Hall–Kier alpha value is -1.79. The minimum atomic E-state index is -0.649. The van der Waals surface area contributed by atoms with Crippen LogP contribution in [0.2, 0.25) is 5.02 Å². The number of rotatable bonds is 4. The van der Waals surface area contributed by atoms with Crippen molar-refractivity contribution in [2.75, 3.05) is 13.7 Å². The number of carbonyl (C=O) groups is 2. The van der Waals surface area contributed by atoms with E-state index in [2.05, 4.69) is 5.32 Å². The number of halogens is 1. The molecule has 1 aromatic rings. The third-order valence-electron chi connectivity index (χ3n) is 3.94. The molecule has 0 bridgehead atoms. The van der Waals surface area contributed by atoms with E-state index in [0.29, 0.717) is 24.5 Å². The third-order valence-corrected chi connectivity index (χ3v) is 4.31. The molecule has 25 heavy (non-hydrogen) atoms. The summed E-state index contributed by atoms with van der Waals surface area (Å²) in [5.74, 6) is -0.437. The number of ether oxygens (including phenoxy) is 2. The minimum absolute atomic E-state index is 0.0482. The highest BCUT2D eigenvalue weighted by Crippen LogP contribution is 2.23. The maximum Gasteiger partial charge on any atom is 0.411 e. The van der Waals surface area contributed by atoms with E-state index in [9.17, 15) is 9.59 Å². The number of likely N-dealkylation sites (tertiary alicyclic amines) is 1. The fraction of sp³-hybridized carbons (Fsp3) is 0.556. The summed E-state index contributed by atoms with van der Waals surface area (Å²) in [6.45, 7) is 6.31. The van der Waals surface area contributed by atoms with Crippen LogP contribution in [0.1, 0.15) is 32.8 Å². The van der Waals surface area contributed by atoms with E-state index in [0.717, 1.165) is 5.56 Å². The van der Waals surface area contributed by atoms with Crippen molar-refractivity contribution in [2.45, 2.75) is 51.4 Å². The average molecular weight is 369 g/mol. The smallest absolute Gasteiger partial charge is 0.411 e. The molecule has 1 amide bonds. The van der Waals surface area contributed by atoms with Crippen molar-refractivity contribution in [3.05, 3.63) is 34.9 Å². The highest BCUT2D eigenvalue weighted by atomic mass is 35.5. The van der Waals surface area contributed by atoms with E-state index in [4.69, 9.17) is 21.1 Å². The molecular formula is C18H25ClN2O4. The maximum atomic E-state index is 12.4. The Morgan fingerprint density at radius 3 is 2.60 bits per heavy atom. The first-order valence-corrected chi connectivity index (χ1v) is 8.63. The van der Waals surface area contributed by atoms with Gasteiger partial charge in [0.2, 0.25) is 0 Å². The van der Waals surface area contributed by atoms with Crippen LogP contribution in [0, 0.1) is 0 Å². The molecule has 138 valence electrons. The second-order valence-electron chi connectivity index (χ2n) is 7.08. The lowest BCUT2D eigenvalue weighted by molar-refractivity contribution is -0.145. The Labute approximate surface area is 153 Å². The summed E-state index contributed by atoms with van der Waals surface area (Å²) in [5, 5.41) is 4.04. The lowest BCUT2D eigenvalue weighted by Gasteiger charge is -2.27. The first kappa shape index (κ1) is 19.5. The molecule has 2 atom stereocenters. The molecule has 1 aromatic carbocycles. The maximum absolute atomic E-state index is 12.4. The number of hydrogen-bond donors (Lipinski definition) is 1. The van der Waals surface area contributed by atoms with Crippen LogP contribution in [-0.4, -0.2) is 48.3 Å². The van der Waals surface area contributed by atoms with Gasteiger partial charge < -0.3 is 14.8 Å². The molecule has 1 fully saturated rings. The molecule has 7 heteroatoms. The summed E-state index contributed by atoms with van der Waals surface area (Å²) in [5.41, 5.74) is 0.343. The SMILES string of the molecule is COC(=O)C1CC(NCc2ccccc2Cl)CN1C(=O)OC(C)(C)C. The summed E-state index contributed by atoms with van der Waals surface area (Å²) in [7, 11) is 1.32. The van der Waals surface area contributed by atoms with Crippen molar-refractivity contribution in [2.24, 2.45) is 0 Å². The van der Waals surface area contributed by atoms with Gasteiger partial charge in [-0.1, -0.05) is 29.8 Å². The molecule has 0 aliphatic carbocycles. The monoisotopic (exact) mass is 368 g/mol. The number of amides is 1. The van der Waals surface area contributed by atoms with Crippen LogP contribution in [-0.2, 0) is 20.8 Å². The number of carbonyl (C=O) groups excluding carboxylic acids is 2. The number of hydrogen-bond acceptors (Lipinski definition) is 5. The van der Waals surface area contributed by atoms with Gasteiger partial charge in [-0.05, 0) is 38.8 Å². The van der Waals surface area contributed by atoms with Crippen molar-refractivity contribution >= 4 is 23.7 Å². The standard InChI is InChI=1S/C18H25ClN2O4/c1-18(2,3)25-17(23)21-11-13(9-15(21)16(22)24-4)20-10-12-7-5-6-8-14(12)19/h5-8,13,15,20H,9-11H2,1-4H3. The van der Waals surface area contributed by atoms with Gasteiger partial charge in [-0.25, -0.2) is 9.59 Å². The van der Waals surface area contributed by atoms with Crippen molar-refractivity contribution in [1.82, 2.24) is 10.2 Å². The van der Waals surface area contributed by atoms with Gasteiger partial charge in [0.05, 0.1) is 7.11 Å².